The van der Waals surface area contributed by atoms with Crippen molar-refractivity contribution in [3.05, 3.63) is 34.3 Å². The van der Waals surface area contributed by atoms with Crippen molar-refractivity contribution in [2.75, 3.05) is 13.1 Å². The molecule has 1 fully saturated rings. The summed E-state index contributed by atoms with van der Waals surface area (Å²) in [5.41, 5.74) is 0.783. The van der Waals surface area contributed by atoms with Crippen LogP contribution in [0.15, 0.2) is 22.8 Å². The summed E-state index contributed by atoms with van der Waals surface area (Å²) in [6, 6.07) is 5.54. The molecule has 20 heavy (non-hydrogen) atoms. The van der Waals surface area contributed by atoms with E-state index in [-0.39, 0.29) is 5.69 Å². The van der Waals surface area contributed by atoms with Gasteiger partial charge in [0.25, 0.3) is 0 Å². The van der Waals surface area contributed by atoms with Gasteiger partial charge in [-0.2, -0.15) is 0 Å². The van der Waals surface area contributed by atoms with Gasteiger partial charge in [0.2, 0.25) is 0 Å². The van der Waals surface area contributed by atoms with Crippen molar-refractivity contribution in [1.29, 1.82) is 0 Å². The van der Waals surface area contributed by atoms with E-state index in [2.05, 4.69) is 26.2 Å². The molecule has 106 valence electrons. The molecule has 0 saturated carbocycles. The molecular weight excluding hydrogens is 322 g/mol. The first kappa shape index (κ1) is 13.6. The Bertz CT molecular complexity index is 647. The van der Waals surface area contributed by atoms with Crippen molar-refractivity contribution in [3.8, 4) is 0 Å². The number of nitrogens with zero attached hydrogens (tertiary/aromatic N) is 2. The fourth-order valence-electron chi connectivity index (χ4n) is 2.80. The first-order chi connectivity index (χ1) is 9.66. The number of aromatic nitrogens is 2. The average molecular weight is 338 g/mol. The number of pyridine rings is 1. The van der Waals surface area contributed by atoms with E-state index in [0.29, 0.717) is 11.4 Å². The highest BCUT2D eigenvalue weighted by atomic mass is 79.9. The lowest BCUT2D eigenvalue weighted by atomic mass is 9.94. The number of halogens is 1. The van der Waals surface area contributed by atoms with E-state index in [1.54, 1.807) is 6.07 Å². The second-order valence-corrected chi connectivity index (χ2v) is 5.96. The van der Waals surface area contributed by atoms with Crippen LogP contribution in [-0.4, -0.2) is 33.6 Å². The monoisotopic (exact) mass is 337 g/mol. The number of hydrogen-bond acceptors (Lipinski definition) is 3. The van der Waals surface area contributed by atoms with Gasteiger partial charge < -0.3 is 10.4 Å². The largest absolute Gasteiger partial charge is 0.476 e. The predicted molar refractivity (Wildman–Crippen MR) is 79.1 cm³/mol. The fraction of sp³-hybridized carbons (Fsp3) is 0.429. The summed E-state index contributed by atoms with van der Waals surface area (Å²) in [6.07, 6.45) is 3.04. The molecule has 0 amide bonds. The highest BCUT2D eigenvalue weighted by Crippen LogP contribution is 2.24. The molecule has 0 unspecified atom stereocenters. The molecule has 3 heterocycles. The van der Waals surface area contributed by atoms with Gasteiger partial charge in [-0.15, -0.1) is 0 Å². The molecule has 2 N–H and O–H groups in total. The average Bonchev–Trinajstić information content (AvgIpc) is 2.80. The zero-order valence-electron chi connectivity index (χ0n) is 11.0. The Morgan fingerprint density at radius 3 is 2.90 bits per heavy atom. The minimum Gasteiger partial charge on any atom is -0.476 e. The maximum Gasteiger partial charge on any atom is 0.356 e. The van der Waals surface area contributed by atoms with Gasteiger partial charge in [-0.1, -0.05) is 6.07 Å². The van der Waals surface area contributed by atoms with Gasteiger partial charge in [-0.05, 0) is 59.9 Å². The number of fused-ring (bicyclic) bond motifs is 1. The van der Waals surface area contributed by atoms with Crippen molar-refractivity contribution in [2.45, 2.75) is 19.3 Å². The lowest BCUT2D eigenvalue weighted by Gasteiger charge is -2.22. The van der Waals surface area contributed by atoms with Gasteiger partial charge in [-0.25, -0.2) is 9.78 Å². The second-order valence-electron chi connectivity index (χ2n) is 5.15. The summed E-state index contributed by atoms with van der Waals surface area (Å²) in [5, 5.41) is 12.6. The van der Waals surface area contributed by atoms with Crippen LogP contribution in [0.1, 0.15) is 29.2 Å². The number of carboxylic acid groups (broad SMARTS) is 1. The molecule has 0 aliphatic carbocycles. The van der Waals surface area contributed by atoms with Crippen LogP contribution >= 0.6 is 15.9 Å². The van der Waals surface area contributed by atoms with Gasteiger partial charge in [0.05, 0.1) is 10.1 Å². The van der Waals surface area contributed by atoms with Crippen LogP contribution in [-0.2, 0) is 6.42 Å². The number of piperidine rings is 1. The van der Waals surface area contributed by atoms with E-state index in [0.717, 1.165) is 42.8 Å². The third-order valence-corrected chi connectivity index (χ3v) is 4.44. The van der Waals surface area contributed by atoms with Crippen molar-refractivity contribution in [1.82, 2.24) is 14.7 Å². The summed E-state index contributed by atoms with van der Waals surface area (Å²) in [5.74, 6) is 0.421. The van der Waals surface area contributed by atoms with E-state index in [4.69, 9.17) is 0 Å². The smallest absolute Gasteiger partial charge is 0.356 e. The van der Waals surface area contributed by atoms with Crippen LogP contribution in [0.4, 0.5) is 0 Å². The van der Waals surface area contributed by atoms with Crippen molar-refractivity contribution >= 4 is 27.4 Å². The van der Waals surface area contributed by atoms with E-state index in [1.165, 1.54) is 0 Å². The summed E-state index contributed by atoms with van der Waals surface area (Å²) < 4.78 is 2.75. The summed E-state index contributed by atoms with van der Waals surface area (Å²) in [4.78, 5) is 15.7. The maximum absolute atomic E-state index is 11.3. The molecule has 5 nitrogen and oxygen atoms in total. The topological polar surface area (TPSA) is 66.6 Å². The summed E-state index contributed by atoms with van der Waals surface area (Å²) in [7, 11) is 0. The van der Waals surface area contributed by atoms with Crippen LogP contribution in [0.25, 0.3) is 5.52 Å². The van der Waals surface area contributed by atoms with Crippen LogP contribution in [0.3, 0.4) is 0 Å². The molecule has 2 aromatic heterocycles. The number of aromatic carboxylic acids is 1. The molecule has 0 atom stereocenters. The number of carboxylic acids is 1. The van der Waals surface area contributed by atoms with E-state index in [9.17, 15) is 9.90 Å². The lowest BCUT2D eigenvalue weighted by molar-refractivity contribution is 0.0693. The second kappa shape index (κ2) is 5.54. The molecule has 0 bridgehead atoms. The number of rotatable bonds is 3. The zero-order valence-corrected chi connectivity index (χ0v) is 12.6. The fourth-order valence-corrected chi connectivity index (χ4v) is 3.35. The Hall–Kier alpha value is -1.40. The minimum absolute atomic E-state index is 0.134. The van der Waals surface area contributed by atoms with Gasteiger partial charge in [0.15, 0.2) is 5.69 Å². The standard InChI is InChI=1S/C14H16BrN3O2/c15-11-3-1-2-10-13(14(19)20)17-12(18(10)11)8-9-4-6-16-7-5-9/h1-3,9,16H,4-8H2,(H,19,20). The number of carbonyl (C=O) groups is 1. The van der Waals surface area contributed by atoms with Crippen LogP contribution in [0, 0.1) is 5.92 Å². The number of imidazole rings is 1. The normalized spacial score (nSPS) is 16.6. The van der Waals surface area contributed by atoms with Gasteiger partial charge in [0.1, 0.15) is 5.82 Å². The predicted octanol–water partition coefficient (Wildman–Crippen LogP) is 2.34. The van der Waals surface area contributed by atoms with Crippen LogP contribution in [0.5, 0.6) is 0 Å². The molecule has 2 aromatic rings. The molecule has 0 spiro atoms. The van der Waals surface area contributed by atoms with Gasteiger partial charge in [0, 0.05) is 6.42 Å². The van der Waals surface area contributed by atoms with Crippen molar-refractivity contribution in [3.63, 3.8) is 0 Å². The Kier molecular flexibility index (Phi) is 3.76. The van der Waals surface area contributed by atoms with Crippen LogP contribution < -0.4 is 5.32 Å². The Labute approximate surface area is 125 Å². The molecule has 6 heteroatoms. The molecule has 1 aliphatic rings. The Morgan fingerprint density at radius 1 is 1.45 bits per heavy atom. The van der Waals surface area contributed by atoms with E-state index < -0.39 is 5.97 Å². The Balaban J connectivity index is 2.03. The quantitative estimate of drug-likeness (QED) is 0.843. The first-order valence-corrected chi connectivity index (χ1v) is 7.56. The highest BCUT2D eigenvalue weighted by molar-refractivity contribution is 9.10. The number of nitrogens with one attached hydrogen (secondary N) is 1. The summed E-state index contributed by atoms with van der Waals surface area (Å²) in [6.45, 7) is 2.06. The summed E-state index contributed by atoms with van der Waals surface area (Å²) >= 11 is 3.49. The van der Waals surface area contributed by atoms with Gasteiger partial charge >= 0.3 is 5.97 Å². The molecule has 3 rings (SSSR count). The molecule has 1 aliphatic heterocycles. The van der Waals surface area contributed by atoms with E-state index in [1.807, 2.05) is 16.5 Å². The maximum atomic E-state index is 11.3. The molecule has 0 aromatic carbocycles. The van der Waals surface area contributed by atoms with Crippen molar-refractivity contribution < 1.29 is 9.90 Å². The molecular formula is C14H16BrN3O2. The Morgan fingerprint density at radius 2 is 2.20 bits per heavy atom. The molecule has 1 saturated heterocycles. The van der Waals surface area contributed by atoms with E-state index >= 15 is 0 Å². The lowest BCUT2D eigenvalue weighted by Crippen LogP contribution is -2.29. The minimum atomic E-state index is -0.975. The van der Waals surface area contributed by atoms with Crippen molar-refractivity contribution in [2.24, 2.45) is 5.92 Å². The third-order valence-electron chi connectivity index (χ3n) is 3.82. The molecule has 0 radical (unpaired) electrons. The van der Waals surface area contributed by atoms with Crippen LogP contribution in [0.2, 0.25) is 0 Å². The third kappa shape index (κ3) is 2.45. The number of hydrogen-bond donors (Lipinski definition) is 2. The van der Waals surface area contributed by atoms with Gasteiger partial charge in [-0.3, -0.25) is 4.40 Å². The highest BCUT2D eigenvalue weighted by Gasteiger charge is 2.21. The first-order valence-electron chi connectivity index (χ1n) is 6.76. The zero-order chi connectivity index (χ0) is 14.1. The SMILES string of the molecule is O=C(O)c1nc(CC2CCNCC2)n2c(Br)cccc12.